The fourth-order valence-electron chi connectivity index (χ4n) is 1.75. The third-order valence-corrected chi connectivity index (χ3v) is 2.95. The summed E-state index contributed by atoms with van der Waals surface area (Å²) in [6.07, 6.45) is 0. The highest BCUT2D eigenvalue weighted by Crippen LogP contribution is 2.27. The van der Waals surface area contributed by atoms with Gasteiger partial charge in [-0.15, -0.1) is 0 Å². The molecule has 0 aliphatic rings. The zero-order chi connectivity index (χ0) is 12.8. The van der Waals surface area contributed by atoms with Crippen LogP contribution in [0, 0.1) is 0 Å². The molecule has 96 valence electrons. The molecule has 0 saturated heterocycles. The summed E-state index contributed by atoms with van der Waals surface area (Å²) in [6, 6.07) is 6.11. The standard InChI is InChI=1S/C13H21ClN2O/c1-9(2)16-7-10(8-17)12-6-11(14)4-5-13(12)15-3/h4-6,9-10,15-17H,7-8H2,1-3H3. The Labute approximate surface area is 108 Å². The van der Waals surface area contributed by atoms with Crippen LogP contribution in [0.4, 0.5) is 5.69 Å². The number of halogens is 1. The van der Waals surface area contributed by atoms with Gasteiger partial charge in [0.25, 0.3) is 0 Å². The normalized spacial score (nSPS) is 12.8. The minimum atomic E-state index is 0.0542. The Kier molecular flexibility index (Phi) is 5.75. The largest absolute Gasteiger partial charge is 0.396 e. The maximum atomic E-state index is 9.49. The van der Waals surface area contributed by atoms with E-state index in [1.165, 1.54) is 0 Å². The van der Waals surface area contributed by atoms with Crippen molar-refractivity contribution in [3.8, 4) is 0 Å². The first-order valence-corrected chi connectivity index (χ1v) is 6.27. The van der Waals surface area contributed by atoms with Crippen LogP contribution in [0.25, 0.3) is 0 Å². The molecule has 0 aliphatic carbocycles. The summed E-state index contributed by atoms with van der Waals surface area (Å²) >= 11 is 6.01. The Balaban J connectivity index is 2.89. The minimum Gasteiger partial charge on any atom is -0.396 e. The van der Waals surface area contributed by atoms with Crippen molar-refractivity contribution < 1.29 is 5.11 Å². The number of hydrogen-bond donors (Lipinski definition) is 3. The van der Waals surface area contributed by atoms with Crippen molar-refractivity contribution in [2.45, 2.75) is 25.8 Å². The summed E-state index contributed by atoms with van der Waals surface area (Å²) < 4.78 is 0. The van der Waals surface area contributed by atoms with Crippen molar-refractivity contribution in [3.05, 3.63) is 28.8 Å². The molecule has 0 radical (unpaired) electrons. The molecular weight excluding hydrogens is 236 g/mol. The van der Waals surface area contributed by atoms with Crippen molar-refractivity contribution in [1.82, 2.24) is 5.32 Å². The summed E-state index contributed by atoms with van der Waals surface area (Å²) in [5, 5.41) is 16.7. The molecule has 17 heavy (non-hydrogen) atoms. The highest BCUT2D eigenvalue weighted by atomic mass is 35.5. The molecule has 1 aromatic carbocycles. The zero-order valence-corrected chi connectivity index (χ0v) is 11.4. The zero-order valence-electron chi connectivity index (χ0n) is 10.6. The van der Waals surface area contributed by atoms with Gasteiger partial charge >= 0.3 is 0 Å². The lowest BCUT2D eigenvalue weighted by Gasteiger charge is -2.20. The van der Waals surface area contributed by atoms with E-state index in [0.717, 1.165) is 17.8 Å². The summed E-state index contributed by atoms with van der Waals surface area (Å²) in [5.74, 6) is 0.0542. The van der Waals surface area contributed by atoms with Gasteiger partial charge in [-0.05, 0) is 23.8 Å². The van der Waals surface area contributed by atoms with E-state index in [2.05, 4.69) is 24.5 Å². The van der Waals surface area contributed by atoms with E-state index in [0.29, 0.717) is 11.1 Å². The van der Waals surface area contributed by atoms with E-state index in [4.69, 9.17) is 11.6 Å². The summed E-state index contributed by atoms with van der Waals surface area (Å²) in [4.78, 5) is 0. The van der Waals surface area contributed by atoms with E-state index in [1.807, 2.05) is 25.2 Å². The minimum absolute atomic E-state index is 0.0542. The smallest absolute Gasteiger partial charge is 0.0512 e. The predicted octanol–water partition coefficient (Wildman–Crippen LogP) is 2.46. The molecular formula is C13H21ClN2O. The van der Waals surface area contributed by atoms with Gasteiger partial charge in [-0.3, -0.25) is 0 Å². The number of aliphatic hydroxyl groups excluding tert-OH is 1. The van der Waals surface area contributed by atoms with Gasteiger partial charge in [-0.1, -0.05) is 25.4 Å². The van der Waals surface area contributed by atoms with Crippen LogP contribution >= 0.6 is 11.6 Å². The topological polar surface area (TPSA) is 44.3 Å². The molecule has 0 bridgehead atoms. The lowest BCUT2D eigenvalue weighted by Crippen LogP contribution is -2.29. The van der Waals surface area contributed by atoms with Gasteiger partial charge in [-0.2, -0.15) is 0 Å². The monoisotopic (exact) mass is 256 g/mol. The van der Waals surface area contributed by atoms with E-state index < -0.39 is 0 Å². The molecule has 4 heteroatoms. The first-order chi connectivity index (χ1) is 8.08. The van der Waals surface area contributed by atoms with E-state index in [9.17, 15) is 5.11 Å². The first-order valence-electron chi connectivity index (χ1n) is 5.90. The summed E-state index contributed by atoms with van der Waals surface area (Å²) in [5.41, 5.74) is 2.06. The van der Waals surface area contributed by atoms with Gasteiger partial charge in [0.2, 0.25) is 0 Å². The Bertz CT molecular complexity index is 355. The van der Waals surface area contributed by atoms with Crippen LogP contribution in [0.5, 0.6) is 0 Å². The van der Waals surface area contributed by atoms with Gasteiger partial charge in [0.15, 0.2) is 0 Å². The Morgan fingerprint density at radius 3 is 2.59 bits per heavy atom. The number of benzene rings is 1. The van der Waals surface area contributed by atoms with E-state index in [1.54, 1.807) is 0 Å². The quantitative estimate of drug-likeness (QED) is 0.733. The predicted molar refractivity (Wildman–Crippen MR) is 74.0 cm³/mol. The fraction of sp³-hybridized carbons (Fsp3) is 0.538. The van der Waals surface area contributed by atoms with E-state index >= 15 is 0 Å². The van der Waals surface area contributed by atoms with Crippen molar-refractivity contribution in [1.29, 1.82) is 0 Å². The first kappa shape index (κ1) is 14.3. The third-order valence-electron chi connectivity index (χ3n) is 2.72. The molecule has 0 heterocycles. The third kappa shape index (κ3) is 4.19. The number of hydrogen-bond acceptors (Lipinski definition) is 3. The molecule has 3 N–H and O–H groups in total. The number of aliphatic hydroxyl groups is 1. The molecule has 0 saturated carbocycles. The van der Waals surface area contributed by atoms with E-state index in [-0.39, 0.29) is 12.5 Å². The number of rotatable bonds is 6. The van der Waals surface area contributed by atoms with Crippen LogP contribution in [-0.4, -0.2) is 31.3 Å². The van der Waals surface area contributed by atoms with Gasteiger partial charge in [0.05, 0.1) is 6.61 Å². The van der Waals surface area contributed by atoms with Crippen molar-refractivity contribution >= 4 is 17.3 Å². The maximum Gasteiger partial charge on any atom is 0.0512 e. The van der Waals surface area contributed by atoms with Gasteiger partial charge in [-0.25, -0.2) is 0 Å². The maximum absolute atomic E-state index is 9.49. The second-order valence-corrected chi connectivity index (χ2v) is 4.86. The van der Waals surface area contributed by atoms with Crippen molar-refractivity contribution in [3.63, 3.8) is 0 Å². The molecule has 0 fully saturated rings. The van der Waals surface area contributed by atoms with Gasteiger partial charge in [0, 0.05) is 36.3 Å². The highest BCUT2D eigenvalue weighted by molar-refractivity contribution is 6.30. The van der Waals surface area contributed by atoms with Crippen LogP contribution in [0.3, 0.4) is 0 Å². The van der Waals surface area contributed by atoms with Crippen LogP contribution in [-0.2, 0) is 0 Å². The Morgan fingerprint density at radius 1 is 1.35 bits per heavy atom. The highest BCUT2D eigenvalue weighted by Gasteiger charge is 2.15. The molecule has 1 atom stereocenters. The van der Waals surface area contributed by atoms with Crippen molar-refractivity contribution in [2.75, 3.05) is 25.5 Å². The average molecular weight is 257 g/mol. The van der Waals surface area contributed by atoms with Crippen LogP contribution < -0.4 is 10.6 Å². The number of nitrogens with one attached hydrogen (secondary N) is 2. The number of anilines is 1. The SMILES string of the molecule is CNc1ccc(Cl)cc1C(CO)CNC(C)C. The second-order valence-electron chi connectivity index (χ2n) is 4.42. The molecule has 3 nitrogen and oxygen atoms in total. The molecule has 0 aliphatic heterocycles. The summed E-state index contributed by atoms with van der Waals surface area (Å²) in [7, 11) is 1.87. The molecule has 1 rings (SSSR count). The average Bonchev–Trinajstić information content (AvgIpc) is 2.30. The summed E-state index contributed by atoms with van der Waals surface area (Å²) in [6.45, 7) is 5.02. The Morgan fingerprint density at radius 2 is 2.06 bits per heavy atom. The second kappa shape index (κ2) is 6.84. The fourth-order valence-corrected chi connectivity index (χ4v) is 1.93. The molecule has 0 spiro atoms. The Hall–Kier alpha value is -0.770. The van der Waals surface area contributed by atoms with Gasteiger partial charge < -0.3 is 15.7 Å². The van der Waals surface area contributed by atoms with Crippen molar-refractivity contribution in [2.24, 2.45) is 0 Å². The van der Waals surface area contributed by atoms with Crippen LogP contribution in [0.2, 0.25) is 5.02 Å². The van der Waals surface area contributed by atoms with Crippen LogP contribution in [0.1, 0.15) is 25.3 Å². The molecule has 0 amide bonds. The van der Waals surface area contributed by atoms with Gasteiger partial charge in [0.1, 0.15) is 0 Å². The molecule has 0 aromatic heterocycles. The molecule has 1 unspecified atom stereocenters. The lowest BCUT2D eigenvalue weighted by atomic mass is 9.97. The van der Waals surface area contributed by atoms with Crippen LogP contribution in [0.15, 0.2) is 18.2 Å². The molecule has 1 aromatic rings. The lowest BCUT2D eigenvalue weighted by molar-refractivity contribution is 0.260.